The maximum absolute atomic E-state index is 12.2. The average Bonchev–Trinajstić information content (AvgIpc) is 2.98. The highest BCUT2D eigenvalue weighted by Crippen LogP contribution is 2.40. The number of piperidine rings is 1. The monoisotopic (exact) mass is 516 g/mol. The molecule has 203 valence electrons. The van der Waals surface area contributed by atoms with Gasteiger partial charge in [-0.15, -0.1) is 0 Å². The van der Waals surface area contributed by atoms with Crippen molar-refractivity contribution in [2.24, 2.45) is 11.8 Å². The first-order chi connectivity index (χ1) is 18.4. The maximum Gasteiger partial charge on any atom is 0.175 e. The Morgan fingerprint density at radius 2 is 1.45 bits per heavy atom. The number of likely N-dealkylation sites (tertiary alicyclic amines) is 1. The van der Waals surface area contributed by atoms with Crippen LogP contribution in [0.25, 0.3) is 0 Å². The van der Waals surface area contributed by atoms with E-state index in [0.717, 1.165) is 35.8 Å². The Balaban J connectivity index is 0.000000338. The number of fused-ring (bicyclic) bond motifs is 1. The highest BCUT2D eigenvalue weighted by Gasteiger charge is 2.41. The molecule has 1 saturated carbocycles. The third-order valence-electron chi connectivity index (χ3n) is 7.12. The predicted molar refractivity (Wildman–Crippen MR) is 155 cm³/mol. The van der Waals surface area contributed by atoms with E-state index in [0.29, 0.717) is 11.5 Å². The molecule has 0 spiro atoms. The summed E-state index contributed by atoms with van der Waals surface area (Å²) in [6, 6.07) is 16.2. The summed E-state index contributed by atoms with van der Waals surface area (Å²) in [4.78, 5) is 30.4. The number of benzene rings is 2. The van der Waals surface area contributed by atoms with Gasteiger partial charge < -0.3 is 14.3 Å². The van der Waals surface area contributed by atoms with E-state index in [1.807, 2.05) is 37.8 Å². The van der Waals surface area contributed by atoms with Crippen LogP contribution in [0.5, 0.6) is 5.75 Å². The van der Waals surface area contributed by atoms with Crippen LogP contribution in [-0.4, -0.2) is 51.0 Å². The lowest BCUT2D eigenvalue weighted by atomic mass is 9.69. The molecule has 5 nitrogen and oxygen atoms in total. The molecular weight excluding hydrogens is 474 g/mol. The minimum Gasteiger partial charge on any atom is -0.497 e. The standard InChI is InChI=1S/C17H16O.C14H22NO.2CH2O/c1-3-14-4-6-15(7-5-14)8-9-16-10-12-17(18-2)13-11-16;1-10(2)14(16)13-12-7-5-4-6-11(12)8-9-15(13)3;2*1-2/h4-7,10-13H,3H2,1-2H3;11-13H,1-2,4-9H2,3H3;2*1H2. The number of hydrogen-bond acceptors (Lipinski definition) is 5. The van der Waals surface area contributed by atoms with Gasteiger partial charge in [0, 0.05) is 11.1 Å². The molecule has 2 aromatic carbocycles. The molecule has 1 radical (unpaired) electrons. The van der Waals surface area contributed by atoms with Gasteiger partial charge in [-0.05, 0) is 99.1 Å². The lowest BCUT2D eigenvalue weighted by molar-refractivity contribution is -0.125. The SMILES string of the molecule is C=O.C=O.CCc1ccc(C#Cc2ccc(OC)cc2)cc1.[CH2]C(=C)C(=O)C1C2CCCCC2CCN1C. The van der Waals surface area contributed by atoms with E-state index in [2.05, 4.69) is 68.5 Å². The summed E-state index contributed by atoms with van der Waals surface area (Å²) in [6.45, 7) is 14.6. The topological polar surface area (TPSA) is 63.7 Å². The molecule has 5 heteroatoms. The van der Waals surface area contributed by atoms with Crippen LogP contribution in [0.3, 0.4) is 0 Å². The van der Waals surface area contributed by atoms with Crippen molar-refractivity contribution in [2.45, 2.75) is 51.5 Å². The van der Waals surface area contributed by atoms with Gasteiger partial charge in [0.25, 0.3) is 0 Å². The molecule has 4 rings (SSSR count). The summed E-state index contributed by atoms with van der Waals surface area (Å²) in [6.07, 6.45) is 7.46. The number of Topliss-reactive ketones (excluding diaryl/α,β-unsaturated/α-hetero) is 1. The first-order valence-corrected chi connectivity index (χ1v) is 13.0. The van der Waals surface area contributed by atoms with Gasteiger partial charge in [-0.25, -0.2) is 0 Å². The number of aryl methyl sites for hydroxylation is 1. The van der Waals surface area contributed by atoms with Crippen molar-refractivity contribution in [2.75, 3.05) is 20.7 Å². The Labute approximate surface area is 229 Å². The van der Waals surface area contributed by atoms with Crippen LogP contribution < -0.4 is 4.74 Å². The lowest BCUT2D eigenvalue weighted by Gasteiger charge is -2.45. The Morgan fingerprint density at radius 1 is 0.921 bits per heavy atom. The fraction of sp³-hybridized carbons (Fsp3) is 0.394. The van der Waals surface area contributed by atoms with Crippen molar-refractivity contribution < 1.29 is 19.1 Å². The van der Waals surface area contributed by atoms with Crippen molar-refractivity contribution in [1.29, 1.82) is 0 Å². The van der Waals surface area contributed by atoms with Gasteiger partial charge >= 0.3 is 0 Å². The number of ether oxygens (including phenoxy) is 1. The normalized spacial score (nSPS) is 19.6. The molecule has 3 unspecified atom stereocenters. The molecule has 2 fully saturated rings. The van der Waals surface area contributed by atoms with Gasteiger partial charge in [0.15, 0.2) is 5.78 Å². The summed E-state index contributed by atoms with van der Waals surface area (Å²) in [7, 11) is 3.73. The molecule has 2 aliphatic rings. The molecule has 1 aliphatic carbocycles. The van der Waals surface area contributed by atoms with E-state index >= 15 is 0 Å². The summed E-state index contributed by atoms with van der Waals surface area (Å²) >= 11 is 0. The number of rotatable bonds is 4. The summed E-state index contributed by atoms with van der Waals surface area (Å²) in [5.74, 6) is 8.64. The van der Waals surface area contributed by atoms with Crippen molar-refractivity contribution >= 4 is 19.4 Å². The molecule has 1 aliphatic heterocycles. The highest BCUT2D eigenvalue weighted by molar-refractivity contribution is 6.00. The molecule has 1 saturated heterocycles. The first-order valence-electron chi connectivity index (χ1n) is 13.0. The second-order valence-electron chi connectivity index (χ2n) is 9.42. The zero-order chi connectivity index (χ0) is 28.5. The van der Waals surface area contributed by atoms with Gasteiger partial charge in [0.1, 0.15) is 19.3 Å². The molecule has 0 amide bonds. The molecule has 2 aromatic rings. The zero-order valence-electron chi connectivity index (χ0n) is 23.2. The van der Waals surface area contributed by atoms with Gasteiger partial charge in [0.05, 0.1) is 13.2 Å². The van der Waals surface area contributed by atoms with Crippen LogP contribution >= 0.6 is 0 Å². The molecule has 3 atom stereocenters. The van der Waals surface area contributed by atoms with Crippen LogP contribution in [-0.2, 0) is 20.8 Å². The van der Waals surface area contributed by atoms with E-state index in [1.165, 1.54) is 37.7 Å². The number of hydrogen-bond donors (Lipinski definition) is 0. The quantitative estimate of drug-likeness (QED) is 0.383. The Morgan fingerprint density at radius 3 is 1.95 bits per heavy atom. The van der Waals surface area contributed by atoms with Gasteiger partial charge in [-0.3, -0.25) is 9.69 Å². The third kappa shape index (κ3) is 9.76. The summed E-state index contributed by atoms with van der Waals surface area (Å²) < 4.78 is 5.11. The van der Waals surface area contributed by atoms with Crippen LogP contribution in [0.15, 0.2) is 60.7 Å². The number of carbonyl (C=O) groups excluding carboxylic acids is 3. The zero-order valence-corrected chi connectivity index (χ0v) is 23.2. The van der Waals surface area contributed by atoms with Gasteiger partial charge in [-0.2, -0.15) is 0 Å². The summed E-state index contributed by atoms with van der Waals surface area (Å²) in [5, 5.41) is 0. The average molecular weight is 517 g/mol. The second kappa shape index (κ2) is 17.9. The molecule has 0 aromatic heterocycles. The van der Waals surface area contributed by atoms with Crippen LogP contribution in [0, 0.1) is 30.6 Å². The number of ketones is 1. The summed E-state index contributed by atoms with van der Waals surface area (Å²) in [5.41, 5.74) is 3.85. The predicted octanol–water partition coefficient (Wildman–Crippen LogP) is 5.74. The smallest absolute Gasteiger partial charge is 0.175 e. The molecule has 1 heterocycles. The fourth-order valence-corrected chi connectivity index (χ4v) is 5.09. The minimum atomic E-state index is 0.0593. The number of carbonyl (C=O) groups is 3. The van der Waals surface area contributed by atoms with Crippen molar-refractivity contribution in [3.8, 4) is 17.6 Å². The van der Waals surface area contributed by atoms with Crippen LogP contribution in [0.2, 0.25) is 0 Å². The lowest BCUT2D eigenvalue weighted by Crippen LogP contribution is -2.52. The molecule has 0 bridgehead atoms. The van der Waals surface area contributed by atoms with E-state index in [9.17, 15) is 4.79 Å². The molecule has 38 heavy (non-hydrogen) atoms. The van der Waals surface area contributed by atoms with Crippen molar-refractivity contribution in [1.82, 2.24) is 4.90 Å². The van der Waals surface area contributed by atoms with E-state index < -0.39 is 0 Å². The van der Waals surface area contributed by atoms with E-state index in [1.54, 1.807) is 7.11 Å². The van der Waals surface area contributed by atoms with Crippen LogP contribution in [0.4, 0.5) is 0 Å². The van der Waals surface area contributed by atoms with Gasteiger partial charge in [0.2, 0.25) is 0 Å². The van der Waals surface area contributed by atoms with E-state index in [-0.39, 0.29) is 11.8 Å². The second-order valence-corrected chi connectivity index (χ2v) is 9.42. The Bertz CT molecular complexity index is 996. The van der Waals surface area contributed by atoms with Crippen LogP contribution in [0.1, 0.15) is 55.7 Å². The minimum absolute atomic E-state index is 0.0593. The Kier molecular flexibility index (Phi) is 15.3. The largest absolute Gasteiger partial charge is 0.497 e. The molecular formula is C33H42NO4. The number of methoxy groups -OCH3 is 1. The Hall–Kier alpha value is -3.49. The van der Waals surface area contributed by atoms with Crippen molar-refractivity contribution in [3.05, 3.63) is 84.3 Å². The molecule has 0 N–H and O–H groups in total. The first kappa shape index (κ1) is 32.5. The van der Waals surface area contributed by atoms with E-state index in [4.69, 9.17) is 14.3 Å². The third-order valence-corrected chi connectivity index (χ3v) is 7.12. The number of nitrogens with zero attached hydrogens (tertiary/aromatic N) is 1. The maximum atomic E-state index is 12.2. The highest BCUT2D eigenvalue weighted by atomic mass is 16.5. The van der Waals surface area contributed by atoms with Gasteiger partial charge in [-0.1, -0.05) is 56.7 Å². The number of likely N-dealkylation sites (N-methyl/N-ethyl adjacent to an activating group) is 1. The fourth-order valence-electron chi connectivity index (χ4n) is 5.09. The van der Waals surface area contributed by atoms with Crippen molar-refractivity contribution in [3.63, 3.8) is 0 Å².